The van der Waals surface area contributed by atoms with Crippen LogP contribution in [0.3, 0.4) is 0 Å². The first-order valence-corrected chi connectivity index (χ1v) is 9.04. The van der Waals surface area contributed by atoms with Gasteiger partial charge in [0.25, 0.3) is 0 Å². The van der Waals surface area contributed by atoms with Crippen molar-refractivity contribution in [2.45, 2.75) is 25.1 Å². The molecule has 1 fully saturated rings. The molecule has 2 aliphatic rings. The molecule has 0 spiro atoms. The number of ether oxygens (including phenoxy) is 2. The van der Waals surface area contributed by atoms with Gasteiger partial charge < -0.3 is 9.47 Å². The lowest BCUT2D eigenvalue weighted by Crippen LogP contribution is -2.44. The molecule has 1 saturated heterocycles. The summed E-state index contributed by atoms with van der Waals surface area (Å²) >= 11 is 1.40. The Morgan fingerprint density at radius 3 is 2.73 bits per heavy atom. The van der Waals surface area contributed by atoms with Crippen LogP contribution in [0, 0.1) is 0 Å². The van der Waals surface area contributed by atoms with Crippen LogP contribution in [0.4, 0.5) is 0 Å². The van der Waals surface area contributed by atoms with Gasteiger partial charge >= 0.3 is 5.97 Å². The fourth-order valence-electron chi connectivity index (χ4n) is 3.00. The monoisotopic (exact) mass is 372 g/mol. The van der Waals surface area contributed by atoms with E-state index in [-0.39, 0.29) is 11.2 Å². The summed E-state index contributed by atoms with van der Waals surface area (Å²) in [7, 11) is 2.93. The van der Waals surface area contributed by atoms with E-state index in [1.807, 2.05) is 43.3 Å². The summed E-state index contributed by atoms with van der Waals surface area (Å²) in [6.45, 7) is 3.59. The third-order valence-corrected chi connectivity index (χ3v) is 5.36. The number of nitrogens with zero attached hydrogens (tertiary/aromatic N) is 2. The van der Waals surface area contributed by atoms with Crippen molar-refractivity contribution in [1.29, 1.82) is 0 Å². The van der Waals surface area contributed by atoms with E-state index in [0.29, 0.717) is 22.2 Å². The van der Waals surface area contributed by atoms with Crippen molar-refractivity contribution in [3.05, 3.63) is 47.2 Å². The second-order valence-electron chi connectivity index (χ2n) is 5.90. The molecule has 2 heterocycles. The zero-order valence-corrected chi connectivity index (χ0v) is 15.9. The van der Waals surface area contributed by atoms with Crippen LogP contribution in [0.2, 0.25) is 0 Å². The number of benzene rings is 1. The summed E-state index contributed by atoms with van der Waals surface area (Å²) in [6.07, 6.45) is 3.67. The number of para-hydroxylation sites is 1. The van der Waals surface area contributed by atoms with Crippen LogP contribution < -0.4 is 4.74 Å². The van der Waals surface area contributed by atoms with E-state index in [0.717, 1.165) is 5.56 Å². The zero-order valence-electron chi connectivity index (χ0n) is 15.1. The van der Waals surface area contributed by atoms with Crippen LogP contribution >= 0.6 is 11.8 Å². The van der Waals surface area contributed by atoms with E-state index in [1.54, 1.807) is 18.9 Å². The molecule has 1 aromatic rings. The lowest BCUT2D eigenvalue weighted by atomic mass is 10.00. The molecule has 0 radical (unpaired) electrons. The highest BCUT2D eigenvalue weighted by Gasteiger charge is 2.44. The minimum atomic E-state index is -0.565. The number of methoxy groups -OCH3 is 2. The summed E-state index contributed by atoms with van der Waals surface area (Å²) in [4.78, 5) is 31.0. The Morgan fingerprint density at radius 2 is 2.04 bits per heavy atom. The van der Waals surface area contributed by atoms with E-state index >= 15 is 0 Å². The van der Waals surface area contributed by atoms with Crippen molar-refractivity contribution < 1.29 is 19.1 Å². The van der Waals surface area contributed by atoms with Gasteiger partial charge in [-0.3, -0.25) is 9.69 Å². The van der Waals surface area contributed by atoms with Gasteiger partial charge in [-0.2, -0.15) is 0 Å². The number of esters is 1. The number of amidine groups is 1. The number of carbonyl (C=O) groups excluding carboxylic acids is 2. The van der Waals surface area contributed by atoms with E-state index in [9.17, 15) is 9.59 Å². The van der Waals surface area contributed by atoms with Crippen LogP contribution in [0.1, 0.15) is 19.4 Å². The standard InChI is InChI=1S/C19H20N2O4S/c1-11-16(18(23)25-4)14(21-17(22)12(2)26-19(21)20-11)10-9-13-7-5-6-8-15(13)24-3/h5-10,12,14H,1-4H3/b10-9-/t12-,14-/m1/s1. The average Bonchev–Trinajstić information content (AvgIpc) is 2.92. The highest BCUT2D eigenvalue weighted by molar-refractivity contribution is 8.15. The fourth-order valence-corrected chi connectivity index (χ4v) is 4.04. The SMILES string of the molecule is COC(=O)C1=C(C)N=C2S[C@H](C)C(=O)N2[C@@H]1/C=C\c1ccccc1OC. The molecule has 136 valence electrons. The molecule has 0 saturated carbocycles. The molecule has 0 bridgehead atoms. The largest absolute Gasteiger partial charge is 0.496 e. The van der Waals surface area contributed by atoms with Gasteiger partial charge in [-0.1, -0.05) is 42.1 Å². The summed E-state index contributed by atoms with van der Waals surface area (Å²) in [5.74, 6) is 0.152. The van der Waals surface area contributed by atoms with E-state index in [1.165, 1.54) is 18.9 Å². The van der Waals surface area contributed by atoms with Gasteiger partial charge in [-0.05, 0) is 19.9 Å². The van der Waals surface area contributed by atoms with Crippen LogP contribution in [-0.4, -0.2) is 47.5 Å². The van der Waals surface area contributed by atoms with E-state index in [2.05, 4.69) is 4.99 Å². The lowest BCUT2D eigenvalue weighted by molar-refractivity contribution is -0.137. The second-order valence-corrected chi connectivity index (χ2v) is 7.21. The minimum Gasteiger partial charge on any atom is -0.496 e. The van der Waals surface area contributed by atoms with Crippen molar-refractivity contribution in [3.8, 4) is 5.75 Å². The number of hydrogen-bond acceptors (Lipinski definition) is 6. The maximum atomic E-state index is 12.6. The van der Waals surface area contributed by atoms with E-state index in [4.69, 9.17) is 9.47 Å². The van der Waals surface area contributed by atoms with Crippen molar-refractivity contribution in [2.75, 3.05) is 14.2 Å². The molecular weight excluding hydrogens is 352 g/mol. The number of hydrogen-bond donors (Lipinski definition) is 0. The highest BCUT2D eigenvalue weighted by atomic mass is 32.2. The zero-order chi connectivity index (χ0) is 18.8. The number of aliphatic imine (C=N–C) groups is 1. The third-order valence-electron chi connectivity index (χ3n) is 4.30. The van der Waals surface area contributed by atoms with Crippen LogP contribution in [0.5, 0.6) is 5.75 Å². The number of thioether (sulfide) groups is 1. The van der Waals surface area contributed by atoms with Crippen LogP contribution in [-0.2, 0) is 14.3 Å². The Balaban J connectivity index is 2.05. The van der Waals surface area contributed by atoms with Crippen LogP contribution in [0.15, 0.2) is 46.6 Å². The second kappa shape index (κ2) is 7.37. The molecule has 7 heteroatoms. The molecule has 0 aliphatic carbocycles. The topological polar surface area (TPSA) is 68.2 Å². The van der Waals surface area contributed by atoms with Crippen molar-refractivity contribution in [3.63, 3.8) is 0 Å². The normalized spacial score (nSPS) is 22.5. The Kier molecular flexibility index (Phi) is 5.18. The van der Waals surface area contributed by atoms with Gasteiger partial charge in [0.05, 0.1) is 36.8 Å². The van der Waals surface area contributed by atoms with Crippen molar-refractivity contribution in [2.24, 2.45) is 4.99 Å². The maximum absolute atomic E-state index is 12.6. The minimum absolute atomic E-state index is 0.0719. The first kappa shape index (κ1) is 18.3. The molecular formula is C19H20N2O4S. The fraction of sp³-hybridized carbons (Fsp3) is 0.316. The average molecular weight is 372 g/mol. The third kappa shape index (κ3) is 3.14. The van der Waals surface area contributed by atoms with Gasteiger partial charge in [0, 0.05) is 5.56 Å². The number of amides is 1. The first-order chi connectivity index (χ1) is 12.5. The summed E-state index contributed by atoms with van der Waals surface area (Å²) in [6, 6.07) is 6.98. The molecule has 0 unspecified atom stereocenters. The predicted octanol–water partition coefficient (Wildman–Crippen LogP) is 2.86. The Morgan fingerprint density at radius 1 is 1.31 bits per heavy atom. The predicted molar refractivity (Wildman–Crippen MR) is 102 cm³/mol. The number of fused-ring (bicyclic) bond motifs is 1. The Hall–Kier alpha value is -2.54. The van der Waals surface area contributed by atoms with Crippen LogP contribution in [0.25, 0.3) is 6.08 Å². The molecule has 0 N–H and O–H groups in total. The van der Waals surface area contributed by atoms with Crippen molar-refractivity contribution in [1.82, 2.24) is 4.90 Å². The summed E-state index contributed by atoms with van der Waals surface area (Å²) in [5, 5.41) is 0.378. The quantitative estimate of drug-likeness (QED) is 0.760. The Labute approximate surface area is 156 Å². The molecule has 0 aromatic heterocycles. The lowest BCUT2D eigenvalue weighted by Gasteiger charge is -2.30. The van der Waals surface area contributed by atoms with Gasteiger partial charge in [-0.25, -0.2) is 9.79 Å². The maximum Gasteiger partial charge on any atom is 0.338 e. The smallest absolute Gasteiger partial charge is 0.338 e. The highest BCUT2D eigenvalue weighted by Crippen LogP contribution is 2.37. The van der Waals surface area contributed by atoms with Crippen molar-refractivity contribution >= 4 is 34.9 Å². The molecule has 1 amide bonds. The van der Waals surface area contributed by atoms with Gasteiger partial charge in [-0.15, -0.1) is 0 Å². The summed E-state index contributed by atoms with van der Waals surface area (Å²) < 4.78 is 10.3. The van der Waals surface area contributed by atoms with E-state index < -0.39 is 12.0 Å². The molecule has 1 aromatic carbocycles. The molecule has 2 aliphatic heterocycles. The number of allylic oxidation sites excluding steroid dienone is 1. The number of carbonyl (C=O) groups is 2. The molecule has 2 atom stereocenters. The van der Waals surface area contributed by atoms with Gasteiger partial charge in [0.2, 0.25) is 5.91 Å². The molecule has 6 nitrogen and oxygen atoms in total. The van der Waals surface area contributed by atoms with Gasteiger partial charge in [0.15, 0.2) is 5.17 Å². The first-order valence-electron chi connectivity index (χ1n) is 8.16. The Bertz CT molecular complexity index is 844. The van der Waals surface area contributed by atoms with Gasteiger partial charge in [0.1, 0.15) is 5.75 Å². The summed E-state index contributed by atoms with van der Waals surface area (Å²) in [5.41, 5.74) is 1.78. The molecule has 3 rings (SSSR count). The molecule has 26 heavy (non-hydrogen) atoms. The number of rotatable bonds is 4.